The maximum Gasteiger partial charge on any atom is 0.146 e. The number of anilines is 1. The first-order valence-corrected chi connectivity index (χ1v) is 12.8. The summed E-state index contributed by atoms with van der Waals surface area (Å²) in [5.41, 5.74) is 1.50. The first kappa shape index (κ1) is 21.5. The second-order valence-electron chi connectivity index (χ2n) is 9.16. The number of aryl methyl sites for hydroxylation is 2. The van der Waals surface area contributed by atoms with Crippen molar-refractivity contribution >= 4 is 27.4 Å². The minimum absolute atomic E-state index is 0.261. The van der Waals surface area contributed by atoms with E-state index in [2.05, 4.69) is 15.1 Å². The van der Waals surface area contributed by atoms with Crippen molar-refractivity contribution in [3.05, 3.63) is 16.3 Å². The van der Waals surface area contributed by atoms with E-state index in [0.29, 0.717) is 5.92 Å². The number of aromatic nitrogens is 2. The molecule has 2 aromatic heterocycles. The van der Waals surface area contributed by atoms with Gasteiger partial charge in [-0.3, -0.25) is 4.90 Å². The highest BCUT2D eigenvalue weighted by atomic mass is 32.1. The van der Waals surface area contributed by atoms with Crippen LogP contribution in [0.25, 0.3) is 10.2 Å². The Morgan fingerprint density at radius 1 is 1.03 bits per heavy atom. The smallest absolute Gasteiger partial charge is 0.146 e. The molecule has 5 rings (SSSR count). The van der Waals surface area contributed by atoms with Gasteiger partial charge < -0.3 is 20.1 Å². The standard InChI is InChI=1S/C23H35N5O2S/c29-12-9-27-7-5-17(6-8-27)15-24-22-21-18-3-1-2-4-19(18)31-23(21)26-20(25-22)16-28-10-13-30-14-11-28/h17,29H,1-16H2,(H,24,25,26). The number of β-amino-alcohol motifs (C(OH)–C–C–N with tert-alkyl or cyclic N) is 1. The molecule has 2 aromatic rings. The number of thiophene rings is 1. The summed E-state index contributed by atoms with van der Waals surface area (Å²) in [5, 5.41) is 14.2. The number of nitrogens with zero attached hydrogens (tertiary/aromatic N) is 4. The van der Waals surface area contributed by atoms with E-state index in [4.69, 9.17) is 14.7 Å². The van der Waals surface area contributed by atoms with Gasteiger partial charge in [-0.1, -0.05) is 0 Å². The SMILES string of the molecule is OCCN1CCC(CNc2nc(CN3CCOCC3)nc3sc4c(c23)CCCC4)CC1. The van der Waals surface area contributed by atoms with Crippen LogP contribution < -0.4 is 5.32 Å². The highest BCUT2D eigenvalue weighted by molar-refractivity contribution is 7.19. The number of ether oxygens (including phenoxy) is 1. The third-order valence-electron chi connectivity index (χ3n) is 7.01. The fourth-order valence-electron chi connectivity index (χ4n) is 5.16. The van der Waals surface area contributed by atoms with Crippen molar-refractivity contribution in [2.24, 2.45) is 5.92 Å². The molecule has 0 bridgehead atoms. The second-order valence-corrected chi connectivity index (χ2v) is 10.2. The van der Waals surface area contributed by atoms with Crippen LogP contribution in [0, 0.1) is 5.92 Å². The highest BCUT2D eigenvalue weighted by Gasteiger charge is 2.24. The Morgan fingerprint density at radius 3 is 2.65 bits per heavy atom. The fourth-order valence-corrected chi connectivity index (χ4v) is 6.44. The minimum atomic E-state index is 0.261. The molecule has 7 nitrogen and oxygen atoms in total. The molecule has 1 aliphatic carbocycles. The van der Waals surface area contributed by atoms with Crippen LogP contribution in [-0.2, 0) is 24.1 Å². The molecule has 0 aromatic carbocycles. The molecule has 0 unspecified atom stereocenters. The molecular weight excluding hydrogens is 410 g/mol. The molecule has 31 heavy (non-hydrogen) atoms. The number of hydrogen-bond acceptors (Lipinski definition) is 8. The third-order valence-corrected chi connectivity index (χ3v) is 8.20. The molecule has 0 radical (unpaired) electrons. The molecule has 2 N–H and O–H groups in total. The second kappa shape index (κ2) is 10.1. The van der Waals surface area contributed by atoms with Gasteiger partial charge in [-0.2, -0.15) is 0 Å². The maximum absolute atomic E-state index is 9.18. The van der Waals surface area contributed by atoms with E-state index < -0.39 is 0 Å². The molecule has 2 saturated heterocycles. The van der Waals surface area contributed by atoms with Crippen molar-refractivity contribution in [1.29, 1.82) is 0 Å². The van der Waals surface area contributed by atoms with Gasteiger partial charge in [0.05, 0.1) is 31.8 Å². The van der Waals surface area contributed by atoms with Gasteiger partial charge in [-0.25, -0.2) is 9.97 Å². The summed E-state index contributed by atoms with van der Waals surface area (Å²) in [6, 6.07) is 0. The Labute approximate surface area is 188 Å². The van der Waals surface area contributed by atoms with Gasteiger partial charge in [0.15, 0.2) is 0 Å². The molecule has 0 spiro atoms. The maximum atomic E-state index is 9.18. The Kier molecular flexibility index (Phi) is 7.00. The number of hydrogen-bond donors (Lipinski definition) is 2. The molecule has 2 fully saturated rings. The van der Waals surface area contributed by atoms with Crippen LogP contribution in [0.3, 0.4) is 0 Å². The average molecular weight is 446 g/mol. The number of fused-ring (bicyclic) bond motifs is 3. The zero-order valence-electron chi connectivity index (χ0n) is 18.4. The van der Waals surface area contributed by atoms with E-state index in [0.717, 1.165) is 77.1 Å². The lowest BCUT2D eigenvalue weighted by Crippen LogP contribution is -2.37. The average Bonchev–Trinajstić information content (AvgIpc) is 3.18. The molecule has 4 heterocycles. The Hall–Kier alpha value is -1.32. The van der Waals surface area contributed by atoms with Gasteiger partial charge in [0, 0.05) is 31.1 Å². The summed E-state index contributed by atoms with van der Waals surface area (Å²) >= 11 is 1.89. The predicted octanol–water partition coefficient (Wildman–Crippen LogP) is 2.52. The van der Waals surface area contributed by atoms with E-state index in [1.54, 1.807) is 0 Å². The normalized spacial score (nSPS) is 21.5. The Bertz CT molecular complexity index is 874. The van der Waals surface area contributed by atoms with Gasteiger partial charge in [-0.05, 0) is 63.1 Å². The number of nitrogens with one attached hydrogen (secondary N) is 1. The summed E-state index contributed by atoms with van der Waals surface area (Å²) < 4.78 is 5.50. The van der Waals surface area contributed by atoms with Crippen molar-refractivity contribution in [3.63, 3.8) is 0 Å². The summed E-state index contributed by atoms with van der Waals surface area (Å²) in [6.45, 7) is 8.52. The van der Waals surface area contributed by atoms with Crippen LogP contribution in [0.4, 0.5) is 5.82 Å². The van der Waals surface area contributed by atoms with E-state index in [1.165, 1.54) is 52.8 Å². The molecule has 2 aliphatic heterocycles. The summed E-state index contributed by atoms with van der Waals surface area (Å²) in [6.07, 6.45) is 7.29. The Morgan fingerprint density at radius 2 is 1.84 bits per heavy atom. The lowest BCUT2D eigenvalue weighted by molar-refractivity contribution is 0.0331. The number of piperidine rings is 1. The monoisotopic (exact) mass is 445 g/mol. The molecule has 0 amide bonds. The Balaban J connectivity index is 1.35. The quantitative estimate of drug-likeness (QED) is 0.678. The first-order chi connectivity index (χ1) is 15.3. The number of morpholine rings is 1. The lowest BCUT2D eigenvalue weighted by Gasteiger charge is -2.31. The molecule has 8 heteroatoms. The van der Waals surface area contributed by atoms with Crippen molar-refractivity contribution < 1.29 is 9.84 Å². The van der Waals surface area contributed by atoms with Gasteiger partial charge >= 0.3 is 0 Å². The number of aliphatic hydroxyl groups is 1. The molecule has 170 valence electrons. The van der Waals surface area contributed by atoms with Crippen LogP contribution in [0.5, 0.6) is 0 Å². The van der Waals surface area contributed by atoms with E-state index in [1.807, 2.05) is 11.3 Å². The van der Waals surface area contributed by atoms with Crippen LogP contribution in [0.2, 0.25) is 0 Å². The van der Waals surface area contributed by atoms with Crippen LogP contribution in [0.15, 0.2) is 0 Å². The number of likely N-dealkylation sites (tertiary alicyclic amines) is 1. The first-order valence-electron chi connectivity index (χ1n) is 12.0. The summed E-state index contributed by atoms with van der Waals surface area (Å²) in [4.78, 5) is 17.5. The highest BCUT2D eigenvalue weighted by Crippen LogP contribution is 2.39. The number of rotatable bonds is 7. The predicted molar refractivity (Wildman–Crippen MR) is 125 cm³/mol. The zero-order valence-corrected chi connectivity index (χ0v) is 19.3. The van der Waals surface area contributed by atoms with Gasteiger partial charge in [0.25, 0.3) is 0 Å². The summed E-state index contributed by atoms with van der Waals surface area (Å²) in [5.74, 6) is 2.66. The zero-order chi connectivity index (χ0) is 21.0. The lowest BCUT2D eigenvalue weighted by atomic mass is 9.96. The van der Waals surface area contributed by atoms with Crippen molar-refractivity contribution in [3.8, 4) is 0 Å². The van der Waals surface area contributed by atoms with E-state index in [-0.39, 0.29) is 6.61 Å². The topological polar surface area (TPSA) is 73.8 Å². The van der Waals surface area contributed by atoms with Crippen LogP contribution >= 0.6 is 11.3 Å². The van der Waals surface area contributed by atoms with Crippen molar-refractivity contribution in [2.75, 3.05) is 64.4 Å². The van der Waals surface area contributed by atoms with E-state index >= 15 is 0 Å². The van der Waals surface area contributed by atoms with Crippen molar-refractivity contribution in [1.82, 2.24) is 19.8 Å². The van der Waals surface area contributed by atoms with E-state index in [9.17, 15) is 5.11 Å². The minimum Gasteiger partial charge on any atom is -0.395 e. The third kappa shape index (κ3) is 5.03. The molecule has 0 saturated carbocycles. The fraction of sp³-hybridized carbons (Fsp3) is 0.739. The van der Waals surface area contributed by atoms with Gasteiger partial charge in [0.2, 0.25) is 0 Å². The van der Waals surface area contributed by atoms with Gasteiger partial charge in [-0.15, -0.1) is 11.3 Å². The molecular formula is C23H35N5O2S. The van der Waals surface area contributed by atoms with Crippen LogP contribution in [-0.4, -0.2) is 84.0 Å². The molecule has 3 aliphatic rings. The van der Waals surface area contributed by atoms with Crippen molar-refractivity contribution in [2.45, 2.75) is 45.1 Å². The van der Waals surface area contributed by atoms with Crippen LogP contribution in [0.1, 0.15) is 41.9 Å². The molecule has 0 atom stereocenters. The number of aliphatic hydroxyl groups excluding tert-OH is 1. The largest absolute Gasteiger partial charge is 0.395 e. The summed E-state index contributed by atoms with van der Waals surface area (Å²) in [7, 11) is 0. The van der Waals surface area contributed by atoms with Gasteiger partial charge in [0.1, 0.15) is 16.5 Å².